The van der Waals surface area contributed by atoms with Gasteiger partial charge >= 0.3 is 0 Å². The molecule has 1 N–H and O–H groups in total. The van der Waals surface area contributed by atoms with Crippen molar-refractivity contribution in [1.29, 1.82) is 0 Å². The number of fused-ring (bicyclic) bond motifs is 1. The maximum Gasteiger partial charge on any atom is 0.253 e. The van der Waals surface area contributed by atoms with Crippen LogP contribution in [0.1, 0.15) is 54.4 Å². The van der Waals surface area contributed by atoms with Gasteiger partial charge in [-0.15, -0.1) is 0 Å². The lowest BCUT2D eigenvalue weighted by Gasteiger charge is -2.47. The predicted molar refractivity (Wildman–Crippen MR) is 130 cm³/mol. The molecule has 3 aliphatic heterocycles. The van der Waals surface area contributed by atoms with E-state index in [2.05, 4.69) is 22.3 Å². The van der Waals surface area contributed by atoms with Gasteiger partial charge in [-0.2, -0.15) is 0 Å². The molecule has 1 spiro atoms. The van der Waals surface area contributed by atoms with Crippen LogP contribution in [0.15, 0.2) is 36.4 Å². The smallest absolute Gasteiger partial charge is 0.253 e. The first-order valence-corrected chi connectivity index (χ1v) is 12.8. The molecule has 1 amide bonds. The fourth-order valence-corrected chi connectivity index (χ4v) is 5.70. The van der Waals surface area contributed by atoms with E-state index >= 15 is 0 Å². The summed E-state index contributed by atoms with van der Waals surface area (Å²) in [7, 11) is 0. The minimum atomic E-state index is -0.489. The predicted octanol–water partition coefficient (Wildman–Crippen LogP) is 4.78. The first-order chi connectivity index (χ1) is 16.6. The number of hydrogen-bond acceptors (Lipinski definition) is 5. The van der Waals surface area contributed by atoms with Crippen molar-refractivity contribution in [2.24, 2.45) is 0 Å². The van der Waals surface area contributed by atoms with E-state index in [4.69, 9.17) is 25.8 Å². The van der Waals surface area contributed by atoms with Gasteiger partial charge in [-0.25, -0.2) is 0 Å². The van der Waals surface area contributed by atoms with Crippen LogP contribution in [0.25, 0.3) is 11.1 Å². The van der Waals surface area contributed by atoms with Gasteiger partial charge in [-0.1, -0.05) is 30.2 Å². The highest BCUT2D eigenvalue weighted by atomic mass is 35.5. The summed E-state index contributed by atoms with van der Waals surface area (Å²) in [5, 5.41) is 3.44. The molecule has 3 fully saturated rings. The fraction of sp³-hybridized carbons (Fsp3) is 0.519. The molecule has 7 heteroatoms. The molecule has 0 unspecified atom stereocenters. The van der Waals surface area contributed by atoms with Crippen molar-refractivity contribution in [2.45, 2.75) is 63.0 Å². The first-order valence-electron chi connectivity index (χ1n) is 12.5. The summed E-state index contributed by atoms with van der Waals surface area (Å²) in [5.41, 5.74) is 3.52. The van der Waals surface area contributed by atoms with Crippen LogP contribution in [0.5, 0.6) is 5.75 Å². The highest BCUT2D eigenvalue weighted by Gasteiger charge is 2.42. The number of carbonyl (C=O) groups excluding carboxylic acids is 1. The Balaban J connectivity index is 1.14. The summed E-state index contributed by atoms with van der Waals surface area (Å²) in [6.45, 7) is 3.88. The molecule has 180 valence electrons. The molecule has 1 saturated carbocycles. The van der Waals surface area contributed by atoms with E-state index in [1.54, 1.807) is 6.07 Å². The average Bonchev–Trinajstić information content (AvgIpc) is 3.32. The number of ether oxygens (including phenoxy) is 3. The number of hydrogen-bond donors (Lipinski definition) is 1. The lowest BCUT2D eigenvalue weighted by atomic mass is 9.89. The van der Waals surface area contributed by atoms with Crippen LogP contribution in [0.3, 0.4) is 0 Å². The third-order valence-electron chi connectivity index (χ3n) is 7.81. The lowest BCUT2D eigenvalue weighted by Crippen LogP contribution is -2.54. The standard InChI is InChI=1S/C27H31ClN2O4/c28-24-15-19(4-6-23(24)26(31)29-21-8-13-32-17-21)18-5-7-25-20(14-18)16-33-27(34-25)9-11-30(12-10-27)22-2-1-3-22/h4-7,14-15,21-22H,1-3,8-13,16-17H2,(H,29,31)/t21-/m1/s1. The van der Waals surface area contributed by atoms with Crippen LogP contribution < -0.4 is 10.1 Å². The van der Waals surface area contributed by atoms with Crippen LogP contribution in [0.2, 0.25) is 5.02 Å². The summed E-state index contributed by atoms with van der Waals surface area (Å²) in [6.07, 6.45) is 6.71. The third-order valence-corrected chi connectivity index (χ3v) is 8.12. The number of amides is 1. The molecule has 3 heterocycles. The minimum absolute atomic E-state index is 0.0534. The molecular weight excluding hydrogens is 452 g/mol. The topological polar surface area (TPSA) is 60.0 Å². The summed E-state index contributed by atoms with van der Waals surface area (Å²) in [6, 6.07) is 12.6. The van der Waals surface area contributed by atoms with Gasteiger partial charge in [0.25, 0.3) is 5.91 Å². The van der Waals surface area contributed by atoms with E-state index in [1.165, 1.54) is 19.3 Å². The van der Waals surface area contributed by atoms with Crippen molar-refractivity contribution in [1.82, 2.24) is 10.2 Å². The van der Waals surface area contributed by atoms with Crippen LogP contribution in [-0.4, -0.2) is 55.0 Å². The number of carbonyl (C=O) groups is 1. The fourth-order valence-electron chi connectivity index (χ4n) is 5.43. The Hall–Kier alpha value is -2.12. The van der Waals surface area contributed by atoms with Crippen LogP contribution >= 0.6 is 11.6 Å². The van der Waals surface area contributed by atoms with Gasteiger partial charge in [0.15, 0.2) is 0 Å². The van der Waals surface area contributed by atoms with Gasteiger partial charge in [0.1, 0.15) is 5.75 Å². The van der Waals surface area contributed by atoms with E-state index in [9.17, 15) is 4.79 Å². The summed E-state index contributed by atoms with van der Waals surface area (Å²) < 4.78 is 18.1. The van der Waals surface area contributed by atoms with Crippen molar-refractivity contribution in [3.05, 3.63) is 52.5 Å². The number of nitrogens with one attached hydrogen (secondary N) is 1. The second-order valence-electron chi connectivity index (χ2n) is 9.97. The Morgan fingerprint density at radius 1 is 1.06 bits per heavy atom. The van der Waals surface area contributed by atoms with Gasteiger partial charge in [-0.3, -0.25) is 9.69 Å². The number of halogens is 1. The monoisotopic (exact) mass is 482 g/mol. The van der Waals surface area contributed by atoms with E-state index in [0.717, 1.165) is 60.8 Å². The zero-order chi connectivity index (χ0) is 23.1. The Kier molecular flexibility index (Phi) is 6.02. The quantitative estimate of drug-likeness (QED) is 0.679. The molecule has 2 saturated heterocycles. The van der Waals surface area contributed by atoms with E-state index in [1.807, 2.05) is 18.2 Å². The molecule has 0 aromatic heterocycles. The van der Waals surface area contributed by atoms with Gasteiger partial charge in [0.05, 0.1) is 29.8 Å². The van der Waals surface area contributed by atoms with Gasteiger partial charge < -0.3 is 19.5 Å². The maximum atomic E-state index is 12.6. The van der Waals surface area contributed by atoms with Crippen LogP contribution in [-0.2, 0) is 16.1 Å². The summed E-state index contributed by atoms with van der Waals surface area (Å²) >= 11 is 6.50. The molecule has 0 bridgehead atoms. The third kappa shape index (κ3) is 4.33. The second-order valence-corrected chi connectivity index (χ2v) is 10.4. The Labute approximate surface area is 205 Å². The number of likely N-dealkylation sites (tertiary alicyclic amines) is 1. The van der Waals surface area contributed by atoms with Crippen molar-refractivity contribution in [3.63, 3.8) is 0 Å². The highest BCUT2D eigenvalue weighted by Crippen LogP contribution is 2.40. The first kappa shape index (κ1) is 22.4. The molecule has 6 nitrogen and oxygen atoms in total. The van der Waals surface area contributed by atoms with Crippen molar-refractivity contribution >= 4 is 17.5 Å². The SMILES string of the molecule is O=C(N[C@@H]1CCOC1)c1ccc(-c2ccc3c(c2)COC2(CCN(C4CCC4)CC2)O3)cc1Cl. The number of piperidine rings is 1. The van der Waals surface area contributed by atoms with Gasteiger partial charge in [-0.05, 0) is 54.7 Å². The molecule has 1 aliphatic carbocycles. The maximum absolute atomic E-state index is 12.6. The molecular formula is C27H31ClN2O4. The van der Waals surface area contributed by atoms with Gasteiger partial charge in [0, 0.05) is 44.1 Å². The normalized spacial score (nSPS) is 24.3. The zero-order valence-electron chi connectivity index (χ0n) is 19.4. The molecule has 2 aromatic rings. The molecule has 1 atom stereocenters. The molecule has 4 aliphatic rings. The van der Waals surface area contributed by atoms with E-state index in [-0.39, 0.29) is 11.9 Å². The zero-order valence-corrected chi connectivity index (χ0v) is 20.1. The van der Waals surface area contributed by atoms with Gasteiger partial charge in [0.2, 0.25) is 5.79 Å². The molecule has 0 radical (unpaired) electrons. The highest BCUT2D eigenvalue weighted by molar-refractivity contribution is 6.34. The minimum Gasteiger partial charge on any atom is -0.462 e. The second kappa shape index (κ2) is 9.15. The average molecular weight is 483 g/mol. The Bertz CT molecular complexity index is 1070. The van der Waals surface area contributed by atoms with E-state index < -0.39 is 5.79 Å². The molecule has 34 heavy (non-hydrogen) atoms. The molecule has 6 rings (SSSR count). The van der Waals surface area contributed by atoms with Crippen molar-refractivity contribution in [2.75, 3.05) is 26.3 Å². The number of rotatable bonds is 4. The van der Waals surface area contributed by atoms with Crippen LogP contribution in [0.4, 0.5) is 0 Å². The van der Waals surface area contributed by atoms with Crippen molar-refractivity contribution in [3.8, 4) is 16.9 Å². The molecule has 2 aromatic carbocycles. The number of benzene rings is 2. The lowest BCUT2D eigenvalue weighted by molar-refractivity contribution is -0.231. The summed E-state index contributed by atoms with van der Waals surface area (Å²) in [4.78, 5) is 15.2. The summed E-state index contributed by atoms with van der Waals surface area (Å²) in [5.74, 6) is 0.262. The van der Waals surface area contributed by atoms with E-state index in [0.29, 0.717) is 30.4 Å². The largest absolute Gasteiger partial charge is 0.462 e. The number of nitrogens with zero attached hydrogens (tertiary/aromatic N) is 1. The Morgan fingerprint density at radius 2 is 1.85 bits per heavy atom. The van der Waals surface area contributed by atoms with Crippen molar-refractivity contribution < 1.29 is 19.0 Å². The Morgan fingerprint density at radius 3 is 2.56 bits per heavy atom. The van der Waals surface area contributed by atoms with Crippen LogP contribution in [0, 0.1) is 0 Å².